The monoisotopic (exact) mass is 351 g/mol. The van der Waals surface area contributed by atoms with E-state index in [0.29, 0.717) is 11.0 Å². The van der Waals surface area contributed by atoms with E-state index in [9.17, 15) is 0 Å². The average molecular weight is 351 g/mol. The minimum atomic E-state index is 0.120. The lowest BCUT2D eigenvalue weighted by Crippen LogP contribution is -2.37. The number of ether oxygens (including phenoxy) is 1. The largest absolute Gasteiger partial charge is 0.497 e. The first-order valence-corrected chi connectivity index (χ1v) is 8.95. The normalized spacial score (nSPS) is 21.2. The Bertz CT molecular complexity index is 831. The molecule has 1 aliphatic carbocycles. The van der Waals surface area contributed by atoms with Crippen LogP contribution in [0.3, 0.4) is 0 Å². The van der Waals surface area contributed by atoms with Gasteiger partial charge in [-0.05, 0) is 48.3 Å². The molecule has 0 bridgehead atoms. The molecule has 5 heteroatoms. The van der Waals surface area contributed by atoms with E-state index in [0.717, 1.165) is 24.3 Å². The Morgan fingerprint density at radius 3 is 2.68 bits per heavy atom. The second-order valence-corrected chi connectivity index (χ2v) is 6.79. The fourth-order valence-corrected chi connectivity index (χ4v) is 4.04. The topological polar surface area (TPSA) is 36.9 Å². The van der Waals surface area contributed by atoms with Gasteiger partial charge in [0.25, 0.3) is 0 Å². The van der Waals surface area contributed by atoms with Gasteiger partial charge in [0.2, 0.25) is 0 Å². The van der Waals surface area contributed by atoms with Crippen LogP contribution >= 0.6 is 12.2 Å². The second kappa shape index (κ2) is 6.48. The standard InChI is InChI=1S/C20H21N3OS/c1-21-20(25)23-19(14-7-10-15(24-2)11-8-14)17-12-9-13-5-3-4-6-16(13)18(17)22-23/h3-8,10-11,17,19H,9,12H2,1-2H3,(H,21,25). The van der Waals surface area contributed by atoms with Crippen LogP contribution in [0.1, 0.15) is 29.2 Å². The molecular formula is C20H21N3OS. The van der Waals surface area contributed by atoms with E-state index in [-0.39, 0.29) is 6.04 Å². The maximum absolute atomic E-state index is 5.54. The zero-order chi connectivity index (χ0) is 17.4. The SMILES string of the molecule is CNC(=S)N1N=C2c3ccccc3CCC2C1c1ccc(OC)cc1. The van der Waals surface area contributed by atoms with Crippen molar-refractivity contribution in [2.75, 3.05) is 14.2 Å². The Morgan fingerprint density at radius 1 is 1.20 bits per heavy atom. The third kappa shape index (κ3) is 2.68. The molecule has 0 spiro atoms. The van der Waals surface area contributed by atoms with Gasteiger partial charge in [-0.2, -0.15) is 5.10 Å². The molecule has 4 nitrogen and oxygen atoms in total. The highest BCUT2D eigenvalue weighted by molar-refractivity contribution is 7.80. The van der Waals surface area contributed by atoms with Crippen LogP contribution in [0.4, 0.5) is 0 Å². The number of hydrogen-bond acceptors (Lipinski definition) is 3. The molecule has 2 aliphatic rings. The fraction of sp³-hybridized carbons (Fsp3) is 0.300. The van der Waals surface area contributed by atoms with Crippen molar-refractivity contribution >= 4 is 23.0 Å². The highest BCUT2D eigenvalue weighted by atomic mass is 32.1. The average Bonchev–Trinajstić information content (AvgIpc) is 3.07. The molecule has 0 amide bonds. The number of hydrazone groups is 1. The molecule has 0 saturated carbocycles. The van der Waals surface area contributed by atoms with Gasteiger partial charge in [0, 0.05) is 18.5 Å². The maximum Gasteiger partial charge on any atom is 0.189 e. The first-order valence-electron chi connectivity index (χ1n) is 8.54. The fourth-order valence-electron chi connectivity index (χ4n) is 3.88. The van der Waals surface area contributed by atoms with Crippen molar-refractivity contribution in [2.24, 2.45) is 11.0 Å². The van der Waals surface area contributed by atoms with Gasteiger partial charge in [-0.15, -0.1) is 0 Å². The molecule has 128 valence electrons. The van der Waals surface area contributed by atoms with Crippen LogP contribution in [0.5, 0.6) is 5.75 Å². The lowest BCUT2D eigenvalue weighted by molar-refractivity contribution is 0.305. The smallest absolute Gasteiger partial charge is 0.189 e. The van der Waals surface area contributed by atoms with Gasteiger partial charge in [0.05, 0.1) is 18.9 Å². The molecule has 2 aromatic carbocycles. The van der Waals surface area contributed by atoms with Gasteiger partial charge in [0.15, 0.2) is 5.11 Å². The number of methoxy groups -OCH3 is 1. The summed E-state index contributed by atoms with van der Waals surface area (Å²) in [4.78, 5) is 0. The second-order valence-electron chi connectivity index (χ2n) is 6.41. The predicted molar refractivity (Wildman–Crippen MR) is 104 cm³/mol. The van der Waals surface area contributed by atoms with Crippen LogP contribution in [-0.4, -0.2) is 30.0 Å². The number of nitrogens with one attached hydrogen (secondary N) is 1. The quantitative estimate of drug-likeness (QED) is 0.840. The lowest BCUT2D eigenvalue weighted by Gasteiger charge is -2.30. The Hall–Kier alpha value is -2.40. The van der Waals surface area contributed by atoms with Crippen LogP contribution < -0.4 is 10.1 Å². The molecule has 2 atom stereocenters. The van der Waals surface area contributed by atoms with Gasteiger partial charge < -0.3 is 10.1 Å². The summed E-state index contributed by atoms with van der Waals surface area (Å²) in [6.07, 6.45) is 2.15. The summed E-state index contributed by atoms with van der Waals surface area (Å²) in [5.74, 6) is 1.20. The number of nitrogens with zero attached hydrogens (tertiary/aromatic N) is 2. The van der Waals surface area contributed by atoms with Crippen LogP contribution in [-0.2, 0) is 6.42 Å². The molecule has 0 saturated heterocycles. The summed E-state index contributed by atoms with van der Waals surface area (Å²) < 4.78 is 5.30. The number of rotatable bonds is 2. The number of benzene rings is 2. The third-order valence-electron chi connectivity index (χ3n) is 5.11. The molecule has 2 aromatic rings. The first kappa shape index (κ1) is 16.1. The first-order chi connectivity index (χ1) is 12.2. The molecule has 1 heterocycles. The van der Waals surface area contributed by atoms with Gasteiger partial charge in [-0.25, -0.2) is 5.01 Å². The molecule has 25 heavy (non-hydrogen) atoms. The molecule has 0 aromatic heterocycles. The van der Waals surface area contributed by atoms with E-state index < -0.39 is 0 Å². The molecule has 1 aliphatic heterocycles. The van der Waals surface area contributed by atoms with Crippen molar-refractivity contribution in [1.82, 2.24) is 10.3 Å². The van der Waals surface area contributed by atoms with Crippen molar-refractivity contribution in [3.05, 3.63) is 65.2 Å². The molecule has 2 unspecified atom stereocenters. The van der Waals surface area contributed by atoms with Crippen molar-refractivity contribution < 1.29 is 4.74 Å². The van der Waals surface area contributed by atoms with E-state index in [1.54, 1.807) is 7.11 Å². The zero-order valence-electron chi connectivity index (χ0n) is 14.4. The van der Waals surface area contributed by atoms with Crippen LogP contribution in [0.2, 0.25) is 0 Å². The third-order valence-corrected chi connectivity index (χ3v) is 5.50. The Morgan fingerprint density at radius 2 is 1.96 bits per heavy atom. The Balaban J connectivity index is 1.77. The molecule has 1 N–H and O–H groups in total. The summed E-state index contributed by atoms with van der Waals surface area (Å²) in [5.41, 5.74) is 5.00. The van der Waals surface area contributed by atoms with E-state index in [4.69, 9.17) is 22.1 Å². The zero-order valence-corrected chi connectivity index (χ0v) is 15.2. The van der Waals surface area contributed by atoms with Crippen LogP contribution in [0.15, 0.2) is 53.6 Å². The van der Waals surface area contributed by atoms with E-state index >= 15 is 0 Å². The predicted octanol–water partition coefficient (Wildman–Crippen LogP) is 3.52. The molecule has 0 radical (unpaired) electrons. The van der Waals surface area contributed by atoms with Gasteiger partial charge in [-0.3, -0.25) is 0 Å². The van der Waals surface area contributed by atoms with Crippen LogP contribution in [0.25, 0.3) is 0 Å². The van der Waals surface area contributed by atoms with Crippen LogP contribution in [0, 0.1) is 5.92 Å². The highest BCUT2D eigenvalue weighted by Gasteiger charge is 2.42. The van der Waals surface area contributed by atoms with E-state index in [1.807, 2.05) is 24.2 Å². The summed E-state index contributed by atoms with van der Waals surface area (Å²) in [5, 5.41) is 10.7. The van der Waals surface area contributed by atoms with Crippen molar-refractivity contribution in [3.63, 3.8) is 0 Å². The van der Waals surface area contributed by atoms with E-state index in [2.05, 4.69) is 41.7 Å². The number of thiocarbonyl (C=S) groups is 1. The van der Waals surface area contributed by atoms with Crippen molar-refractivity contribution in [3.8, 4) is 5.75 Å². The molecule has 4 rings (SSSR count). The number of hydrogen-bond donors (Lipinski definition) is 1. The number of aryl methyl sites for hydroxylation is 1. The Labute approximate surface area is 153 Å². The summed E-state index contributed by atoms with van der Waals surface area (Å²) >= 11 is 5.54. The summed E-state index contributed by atoms with van der Waals surface area (Å²) in [6, 6.07) is 16.9. The van der Waals surface area contributed by atoms with Crippen molar-refractivity contribution in [2.45, 2.75) is 18.9 Å². The number of fused-ring (bicyclic) bond motifs is 3. The van der Waals surface area contributed by atoms with Gasteiger partial charge in [-0.1, -0.05) is 36.4 Å². The summed E-state index contributed by atoms with van der Waals surface area (Å²) in [6.45, 7) is 0. The highest BCUT2D eigenvalue weighted by Crippen LogP contribution is 2.43. The molecular weight excluding hydrogens is 330 g/mol. The minimum absolute atomic E-state index is 0.120. The Kier molecular flexibility index (Phi) is 4.17. The minimum Gasteiger partial charge on any atom is -0.497 e. The van der Waals surface area contributed by atoms with Crippen molar-refractivity contribution in [1.29, 1.82) is 0 Å². The lowest BCUT2D eigenvalue weighted by atomic mass is 9.77. The van der Waals surface area contributed by atoms with Gasteiger partial charge in [0.1, 0.15) is 5.75 Å². The van der Waals surface area contributed by atoms with Gasteiger partial charge >= 0.3 is 0 Å². The maximum atomic E-state index is 5.54. The summed E-state index contributed by atoms with van der Waals surface area (Å²) in [7, 11) is 3.54. The van der Waals surface area contributed by atoms with E-state index in [1.165, 1.54) is 16.7 Å². The molecule has 0 fully saturated rings.